The highest BCUT2D eigenvalue weighted by atomic mass is 32.2. The summed E-state index contributed by atoms with van der Waals surface area (Å²) in [5.41, 5.74) is 1.99. The van der Waals surface area contributed by atoms with E-state index in [0.717, 1.165) is 34.8 Å². The molecular weight excluding hydrogens is 306 g/mol. The Morgan fingerprint density at radius 1 is 1.17 bits per heavy atom. The first-order valence-electron chi connectivity index (χ1n) is 7.87. The number of benzene rings is 2. The van der Waals surface area contributed by atoms with E-state index < -0.39 is 0 Å². The molecule has 0 fully saturated rings. The molecule has 1 amide bonds. The molecule has 0 heterocycles. The Morgan fingerprint density at radius 2 is 2.00 bits per heavy atom. The highest BCUT2D eigenvalue weighted by molar-refractivity contribution is 7.99. The standard InChI is InChI=1S/C19H23NO2S/c1-3-23-18-12-5-4-11-17(18)19(21)20-13-7-9-15-8-6-10-16(14-15)22-2/h4-6,8,10-12,14H,3,7,9,13H2,1-2H3,(H,20,21). The summed E-state index contributed by atoms with van der Waals surface area (Å²) in [6, 6.07) is 15.8. The lowest BCUT2D eigenvalue weighted by Crippen LogP contribution is -2.25. The Kier molecular flexibility index (Phi) is 7.01. The van der Waals surface area contributed by atoms with E-state index in [1.165, 1.54) is 5.56 Å². The molecular formula is C19H23NO2S. The van der Waals surface area contributed by atoms with Gasteiger partial charge in [0.1, 0.15) is 5.75 Å². The zero-order chi connectivity index (χ0) is 16.5. The number of thioether (sulfide) groups is 1. The number of nitrogens with one attached hydrogen (secondary N) is 1. The third-order valence-corrected chi connectivity index (χ3v) is 4.45. The lowest BCUT2D eigenvalue weighted by molar-refractivity contribution is 0.0950. The second-order valence-corrected chi connectivity index (χ2v) is 6.45. The van der Waals surface area contributed by atoms with Crippen molar-refractivity contribution in [3.63, 3.8) is 0 Å². The van der Waals surface area contributed by atoms with E-state index in [4.69, 9.17) is 4.74 Å². The fraction of sp³-hybridized carbons (Fsp3) is 0.316. The number of carbonyl (C=O) groups is 1. The van der Waals surface area contributed by atoms with Crippen LogP contribution in [0.5, 0.6) is 5.75 Å². The van der Waals surface area contributed by atoms with Gasteiger partial charge in [0.15, 0.2) is 0 Å². The number of hydrogen-bond donors (Lipinski definition) is 1. The van der Waals surface area contributed by atoms with Crippen molar-refractivity contribution >= 4 is 17.7 Å². The first kappa shape index (κ1) is 17.4. The van der Waals surface area contributed by atoms with Crippen LogP contribution in [0, 0.1) is 0 Å². The Bertz CT molecular complexity index is 643. The minimum absolute atomic E-state index is 0.00666. The van der Waals surface area contributed by atoms with Gasteiger partial charge in [-0.05, 0) is 48.4 Å². The molecule has 2 aromatic carbocycles. The molecule has 0 unspecified atom stereocenters. The molecule has 23 heavy (non-hydrogen) atoms. The average molecular weight is 329 g/mol. The van der Waals surface area contributed by atoms with Crippen molar-refractivity contribution in [1.82, 2.24) is 5.32 Å². The molecule has 0 radical (unpaired) electrons. The van der Waals surface area contributed by atoms with E-state index in [1.54, 1.807) is 18.9 Å². The van der Waals surface area contributed by atoms with Crippen molar-refractivity contribution in [3.05, 3.63) is 59.7 Å². The minimum Gasteiger partial charge on any atom is -0.497 e. The Balaban J connectivity index is 1.83. The van der Waals surface area contributed by atoms with Crippen LogP contribution in [0.1, 0.15) is 29.3 Å². The van der Waals surface area contributed by atoms with Crippen molar-refractivity contribution in [3.8, 4) is 5.75 Å². The largest absolute Gasteiger partial charge is 0.497 e. The predicted octanol–water partition coefficient (Wildman–Crippen LogP) is 4.17. The molecule has 0 aliphatic heterocycles. The third kappa shape index (κ3) is 5.32. The van der Waals surface area contributed by atoms with E-state index in [-0.39, 0.29) is 5.91 Å². The summed E-state index contributed by atoms with van der Waals surface area (Å²) in [7, 11) is 1.67. The first-order chi connectivity index (χ1) is 11.2. The predicted molar refractivity (Wildman–Crippen MR) is 96.5 cm³/mol. The van der Waals surface area contributed by atoms with Crippen molar-refractivity contribution in [2.45, 2.75) is 24.7 Å². The van der Waals surface area contributed by atoms with Crippen LogP contribution in [0.4, 0.5) is 0 Å². The highest BCUT2D eigenvalue weighted by Crippen LogP contribution is 2.22. The SMILES string of the molecule is CCSc1ccccc1C(=O)NCCCc1cccc(OC)c1. The molecule has 122 valence electrons. The van der Waals surface area contributed by atoms with Crippen LogP contribution in [0.2, 0.25) is 0 Å². The fourth-order valence-corrected chi connectivity index (χ4v) is 3.16. The van der Waals surface area contributed by atoms with E-state index in [0.29, 0.717) is 6.54 Å². The summed E-state index contributed by atoms with van der Waals surface area (Å²) in [6.45, 7) is 2.76. The van der Waals surface area contributed by atoms with E-state index in [9.17, 15) is 4.79 Å². The van der Waals surface area contributed by atoms with E-state index in [2.05, 4.69) is 18.3 Å². The Morgan fingerprint density at radius 3 is 2.78 bits per heavy atom. The van der Waals surface area contributed by atoms with E-state index >= 15 is 0 Å². The molecule has 0 saturated heterocycles. The maximum Gasteiger partial charge on any atom is 0.252 e. The van der Waals surface area contributed by atoms with Crippen LogP contribution in [0.15, 0.2) is 53.4 Å². The number of ether oxygens (including phenoxy) is 1. The van der Waals surface area contributed by atoms with Crippen LogP contribution >= 0.6 is 11.8 Å². The molecule has 3 nitrogen and oxygen atoms in total. The number of aryl methyl sites for hydroxylation is 1. The zero-order valence-corrected chi connectivity index (χ0v) is 14.5. The van der Waals surface area contributed by atoms with Crippen LogP contribution in [-0.2, 0) is 6.42 Å². The number of amides is 1. The van der Waals surface area contributed by atoms with Gasteiger partial charge in [0.05, 0.1) is 12.7 Å². The van der Waals surface area contributed by atoms with Gasteiger partial charge in [0, 0.05) is 11.4 Å². The molecule has 0 aliphatic carbocycles. The average Bonchev–Trinajstić information content (AvgIpc) is 2.59. The van der Waals surface area contributed by atoms with Crippen molar-refractivity contribution in [1.29, 1.82) is 0 Å². The van der Waals surface area contributed by atoms with Crippen molar-refractivity contribution < 1.29 is 9.53 Å². The molecule has 2 aromatic rings. The molecule has 2 rings (SSSR count). The lowest BCUT2D eigenvalue weighted by Gasteiger charge is -2.09. The maximum absolute atomic E-state index is 12.3. The highest BCUT2D eigenvalue weighted by Gasteiger charge is 2.10. The van der Waals surface area contributed by atoms with Crippen molar-refractivity contribution in [2.24, 2.45) is 0 Å². The van der Waals surface area contributed by atoms with Gasteiger partial charge >= 0.3 is 0 Å². The van der Waals surface area contributed by atoms with Gasteiger partial charge in [-0.2, -0.15) is 0 Å². The number of hydrogen-bond acceptors (Lipinski definition) is 3. The van der Waals surface area contributed by atoms with Gasteiger partial charge < -0.3 is 10.1 Å². The van der Waals surface area contributed by atoms with E-state index in [1.807, 2.05) is 42.5 Å². The first-order valence-corrected chi connectivity index (χ1v) is 8.86. The topological polar surface area (TPSA) is 38.3 Å². The molecule has 1 N–H and O–H groups in total. The number of rotatable bonds is 8. The van der Waals surface area contributed by atoms with Gasteiger partial charge in [0.2, 0.25) is 0 Å². The fourth-order valence-electron chi connectivity index (χ4n) is 2.35. The lowest BCUT2D eigenvalue weighted by atomic mass is 10.1. The van der Waals surface area contributed by atoms with Gasteiger partial charge in [-0.15, -0.1) is 11.8 Å². The molecule has 0 aromatic heterocycles. The summed E-state index contributed by atoms with van der Waals surface area (Å²) in [5.74, 6) is 1.84. The summed E-state index contributed by atoms with van der Waals surface area (Å²) in [4.78, 5) is 13.3. The van der Waals surface area contributed by atoms with Gasteiger partial charge in [-0.3, -0.25) is 4.79 Å². The normalized spacial score (nSPS) is 10.3. The maximum atomic E-state index is 12.3. The van der Waals surface area contributed by atoms with Gasteiger partial charge in [-0.1, -0.05) is 31.2 Å². The second-order valence-electron chi connectivity index (χ2n) is 5.14. The summed E-state index contributed by atoms with van der Waals surface area (Å²) >= 11 is 1.70. The third-order valence-electron chi connectivity index (χ3n) is 3.49. The van der Waals surface area contributed by atoms with Crippen LogP contribution in [0.3, 0.4) is 0 Å². The zero-order valence-electron chi connectivity index (χ0n) is 13.7. The molecule has 0 atom stereocenters. The van der Waals surface area contributed by atoms with Gasteiger partial charge in [0.25, 0.3) is 5.91 Å². The smallest absolute Gasteiger partial charge is 0.252 e. The molecule has 4 heteroatoms. The van der Waals surface area contributed by atoms with Crippen LogP contribution < -0.4 is 10.1 Å². The molecule has 0 saturated carbocycles. The minimum atomic E-state index is 0.00666. The Hall–Kier alpha value is -1.94. The number of methoxy groups -OCH3 is 1. The Labute approximate surface area is 142 Å². The second kappa shape index (κ2) is 9.26. The summed E-state index contributed by atoms with van der Waals surface area (Å²) in [6.07, 6.45) is 1.82. The number of carbonyl (C=O) groups excluding carboxylic acids is 1. The monoisotopic (exact) mass is 329 g/mol. The quantitative estimate of drug-likeness (QED) is 0.583. The molecule has 0 aliphatic rings. The summed E-state index contributed by atoms with van der Waals surface area (Å²) in [5, 5.41) is 3.01. The molecule has 0 spiro atoms. The van der Waals surface area contributed by atoms with Crippen LogP contribution in [0.25, 0.3) is 0 Å². The van der Waals surface area contributed by atoms with Gasteiger partial charge in [-0.25, -0.2) is 0 Å². The van der Waals surface area contributed by atoms with Crippen molar-refractivity contribution in [2.75, 3.05) is 19.4 Å². The van der Waals surface area contributed by atoms with Crippen LogP contribution in [-0.4, -0.2) is 25.3 Å². The molecule has 0 bridgehead atoms. The summed E-state index contributed by atoms with van der Waals surface area (Å²) < 4.78 is 5.22.